The SMILES string of the molecule is O=C(N[C@@H]1CC[C@H](C(=O)Nc2cncc(C(=O)O)c2)C1)OCC1c2ccccc2-c2ccccc21. The van der Waals surface area contributed by atoms with Crippen molar-refractivity contribution in [3.63, 3.8) is 0 Å². The first-order valence-corrected chi connectivity index (χ1v) is 11.6. The summed E-state index contributed by atoms with van der Waals surface area (Å²) in [6, 6.07) is 17.5. The quantitative estimate of drug-likeness (QED) is 0.490. The largest absolute Gasteiger partial charge is 0.478 e. The lowest BCUT2D eigenvalue weighted by atomic mass is 9.98. The van der Waals surface area contributed by atoms with E-state index in [1.54, 1.807) is 0 Å². The van der Waals surface area contributed by atoms with Crippen LogP contribution in [0.4, 0.5) is 10.5 Å². The first-order chi connectivity index (χ1) is 17.0. The van der Waals surface area contributed by atoms with Crippen molar-refractivity contribution in [2.75, 3.05) is 11.9 Å². The molecule has 0 bridgehead atoms. The molecule has 3 aromatic rings. The Labute approximate surface area is 202 Å². The van der Waals surface area contributed by atoms with Crippen LogP contribution in [0.3, 0.4) is 0 Å². The van der Waals surface area contributed by atoms with Gasteiger partial charge in [0.05, 0.1) is 17.4 Å². The van der Waals surface area contributed by atoms with Gasteiger partial charge in [-0.05, 0) is 47.6 Å². The number of hydrogen-bond acceptors (Lipinski definition) is 5. The molecule has 0 saturated heterocycles. The minimum absolute atomic E-state index is 0.00372. The maximum absolute atomic E-state index is 12.6. The average molecular weight is 472 g/mol. The molecule has 2 atom stereocenters. The molecular weight excluding hydrogens is 446 g/mol. The molecule has 1 heterocycles. The number of hydrogen-bond donors (Lipinski definition) is 3. The second-order valence-corrected chi connectivity index (χ2v) is 8.93. The van der Waals surface area contributed by atoms with E-state index in [2.05, 4.69) is 39.9 Å². The van der Waals surface area contributed by atoms with Crippen molar-refractivity contribution < 1.29 is 24.2 Å². The summed E-state index contributed by atoms with van der Waals surface area (Å²) in [5.74, 6) is -1.62. The number of pyridine rings is 1. The third kappa shape index (κ3) is 4.73. The first kappa shape index (κ1) is 22.6. The standard InChI is InChI=1S/C27H25N3O5/c31-25(29-19-12-17(26(32)33)13-28-14-19)16-9-10-18(11-16)30-27(34)35-15-24-22-7-3-1-5-20(22)21-6-2-4-8-23(21)24/h1-8,12-14,16,18,24H,9-11,15H2,(H,29,31)(H,30,34)(H,32,33)/t16-,18+/m0/s1. The second-order valence-electron chi connectivity index (χ2n) is 8.93. The van der Waals surface area contributed by atoms with Gasteiger partial charge >= 0.3 is 12.1 Å². The molecule has 8 heteroatoms. The van der Waals surface area contributed by atoms with E-state index in [4.69, 9.17) is 9.84 Å². The summed E-state index contributed by atoms with van der Waals surface area (Å²) in [5.41, 5.74) is 4.99. The normalized spacial score (nSPS) is 18.4. The van der Waals surface area contributed by atoms with Crippen LogP contribution in [0.25, 0.3) is 11.1 Å². The number of benzene rings is 2. The summed E-state index contributed by atoms with van der Waals surface area (Å²) < 4.78 is 5.61. The molecule has 1 aromatic heterocycles. The van der Waals surface area contributed by atoms with E-state index in [-0.39, 0.29) is 36.0 Å². The zero-order valence-electron chi connectivity index (χ0n) is 18.9. The van der Waals surface area contributed by atoms with Gasteiger partial charge in [-0.15, -0.1) is 0 Å². The Kier molecular flexibility index (Phi) is 6.18. The molecule has 0 unspecified atom stereocenters. The lowest BCUT2D eigenvalue weighted by Gasteiger charge is -2.17. The molecule has 2 aliphatic carbocycles. The van der Waals surface area contributed by atoms with E-state index in [1.165, 1.54) is 29.6 Å². The van der Waals surface area contributed by atoms with Gasteiger partial charge in [-0.2, -0.15) is 0 Å². The maximum atomic E-state index is 12.6. The summed E-state index contributed by atoms with van der Waals surface area (Å²) in [7, 11) is 0. The second kappa shape index (κ2) is 9.58. The van der Waals surface area contributed by atoms with Crippen molar-refractivity contribution in [1.82, 2.24) is 10.3 Å². The molecule has 0 radical (unpaired) electrons. The van der Waals surface area contributed by atoms with E-state index < -0.39 is 12.1 Å². The highest BCUT2D eigenvalue weighted by Gasteiger charge is 2.32. The third-order valence-electron chi connectivity index (χ3n) is 6.72. The molecule has 35 heavy (non-hydrogen) atoms. The number of aromatic nitrogens is 1. The molecule has 8 nitrogen and oxygen atoms in total. The Morgan fingerprint density at radius 1 is 0.971 bits per heavy atom. The molecule has 2 aromatic carbocycles. The minimum Gasteiger partial charge on any atom is -0.478 e. The van der Waals surface area contributed by atoms with E-state index >= 15 is 0 Å². The van der Waals surface area contributed by atoms with E-state index in [0.717, 1.165) is 11.1 Å². The summed E-state index contributed by atoms with van der Waals surface area (Å²) in [5, 5.41) is 14.7. The third-order valence-corrected chi connectivity index (χ3v) is 6.72. The number of aromatic carboxylic acids is 1. The number of carboxylic acid groups (broad SMARTS) is 1. The van der Waals surface area contributed by atoms with Crippen LogP contribution in [0, 0.1) is 5.92 Å². The highest BCUT2D eigenvalue weighted by atomic mass is 16.5. The molecule has 2 amide bonds. The molecule has 2 aliphatic rings. The fraction of sp³-hybridized carbons (Fsp3) is 0.259. The van der Waals surface area contributed by atoms with Gasteiger partial charge < -0.3 is 20.5 Å². The van der Waals surface area contributed by atoms with Crippen molar-refractivity contribution in [3.05, 3.63) is 83.7 Å². The van der Waals surface area contributed by atoms with Crippen LogP contribution in [0.5, 0.6) is 0 Å². The smallest absolute Gasteiger partial charge is 0.407 e. The van der Waals surface area contributed by atoms with E-state index in [0.29, 0.717) is 24.9 Å². The number of carbonyl (C=O) groups is 3. The Morgan fingerprint density at radius 3 is 2.34 bits per heavy atom. The van der Waals surface area contributed by atoms with Crippen LogP contribution in [0.1, 0.15) is 46.7 Å². The Balaban J connectivity index is 1.14. The number of nitrogens with one attached hydrogen (secondary N) is 2. The van der Waals surface area contributed by atoms with Gasteiger partial charge in [-0.1, -0.05) is 48.5 Å². The predicted molar refractivity (Wildman–Crippen MR) is 129 cm³/mol. The van der Waals surface area contributed by atoms with Crippen LogP contribution < -0.4 is 10.6 Å². The summed E-state index contributed by atoms with van der Waals surface area (Å²) >= 11 is 0. The number of carboxylic acids is 1. The Hall–Kier alpha value is -4.20. The Bertz CT molecular complexity index is 1250. The van der Waals surface area contributed by atoms with Crippen LogP contribution >= 0.6 is 0 Å². The fourth-order valence-electron chi connectivity index (χ4n) is 5.03. The van der Waals surface area contributed by atoms with Gasteiger partial charge in [0.1, 0.15) is 6.61 Å². The highest BCUT2D eigenvalue weighted by Crippen LogP contribution is 2.44. The zero-order valence-corrected chi connectivity index (χ0v) is 18.9. The monoisotopic (exact) mass is 471 g/mol. The molecular formula is C27H25N3O5. The minimum atomic E-state index is -1.11. The molecule has 3 N–H and O–H groups in total. The van der Waals surface area contributed by atoms with Crippen molar-refractivity contribution in [2.45, 2.75) is 31.2 Å². The molecule has 178 valence electrons. The van der Waals surface area contributed by atoms with E-state index in [9.17, 15) is 14.4 Å². The van der Waals surface area contributed by atoms with Crippen LogP contribution in [0.2, 0.25) is 0 Å². The fourth-order valence-corrected chi connectivity index (χ4v) is 5.03. The molecule has 5 rings (SSSR count). The lowest BCUT2D eigenvalue weighted by molar-refractivity contribution is -0.119. The number of fused-ring (bicyclic) bond motifs is 3. The summed E-state index contributed by atoms with van der Waals surface area (Å²) in [6.07, 6.45) is 3.91. The predicted octanol–water partition coefficient (Wildman–Crippen LogP) is 4.43. The van der Waals surface area contributed by atoms with Crippen LogP contribution in [-0.4, -0.2) is 40.7 Å². The zero-order chi connectivity index (χ0) is 24.4. The molecule has 1 fully saturated rings. The van der Waals surface area contributed by atoms with Crippen molar-refractivity contribution in [3.8, 4) is 11.1 Å². The van der Waals surface area contributed by atoms with Crippen LogP contribution in [-0.2, 0) is 9.53 Å². The highest BCUT2D eigenvalue weighted by molar-refractivity contribution is 5.94. The average Bonchev–Trinajstić information content (AvgIpc) is 3.46. The molecule has 1 saturated carbocycles. The maximum Gasteiger partial charge on any atom is 0.407 e. The Morgan fingerprint density at radius 2 is 1.66 bits per heavy atom. The van der Waals surface area contributed by atoms with Gasteiger partial charge in [0, 0.05) is 24.1 Å². The van der Waals surface area contributed by atoms with Crippen LogP contribution in [0.15, 0.2) is 67.0 Å². The van der Waals surface area contributed by atoms with Gasteiger partial charge in [-0.3, -0.25) is 9.78 Å². The van der Waals surface area contributed by atoms with Crippen molar-refractivity contribution in [2.24, 2.45) is 5.92 Å². The number of carbonyl (C=O) groups excluding carboxylic acids is 2. The molecule has 0 spiro atoms. The first-order valence-electron chi connectivity index (χ1n) is 11.6. The summed E-state index contributed by atoms with van der Waals surface area (Å²) in [4.78, 5) is 40.1. The van der Waals surface area contributed by atoms with Gasteiger partial charge in [0.25, 0.3) is 0 Å². The van der Waals surface area contributed by atoms with E-state index in [1.807, 2.05) is 24.3 Å². The lowest BCUT2D eigenvalue weighted by Crippen LogP contribution is -2.35. The number of anilines is 1. The number of ether oxygens (including phenoxy) is 1. The molecule has 0 aliphatic heterocycles. The number of nitrogens with zero attached hydrogens (tertiary/aromatic N) is 1. The van der Waals surface area contributed by atoms with Gasteiger partial charge in [0.2, 0.25) is 5.91 Å². The number of alkyl carbamates (subject to hydrolysis) is 1. The summed E-state index contributed by atoms with van der Waals surface area (Å²) in [6.45, 7) is 0.239. The number of amides is 2. The van der Waals surface area contributed by atoms with Gasteiger partial charge in [-0.25, -0.2) is 9.59 Å². The number of rotatable bonds is 6. The van der Waals surface area contributed by atoms with Crippen molar-refractivity contribution in [1.29, 1.82) is 0 Å². The van der Waals surface area contributed by atoms with Gasteiger partial charge in [0.15, 0.2) is 0 Å². The topological polar surface area (TPSA) is 118 Å². The van der Waals surface area contributed by atoms with Crippen molar-refractivity contribution >= 4 is 23.7 Å².